The van der Waals surface area contributed by atoms with Gasteiger partial charge in [-0.1, -0.05) is 11.6 Å². The first kappa shape index (κ1) is 18.5. The largest absolute Gasteiger partial charge is 0.496 e. The molecule has 0 bridgehead atoms. The van der Waals surface area contributed by atoms with E-state index in [9.17, 15) is 9.59 Å². The molecule has 1 aliphatic rings. The highest BCUT2D eigenvalue weighted by Crippen LogP contribution is 2.24. The highest BCUT2D eigenvalue weighted by atomic mass is 35.5. The SMILES string of the molecule is COc1ccc(Cl)cc1CN1CCN(C(=O)c2cc(C(C)=O)c[nH]2)CC1. The van der Waals surface area contributed by atoms with Gasteiger partial charge in [0.1, 0.15) is 11.4 Å². The molecule has 138 valence electrons. The lowest BCUT2D eigenvalue weighted by atomic mass is 10.1. The number of aromatic nitrogens is 1. The zero-order valence-corrected chi connectivity index (χ0v) is 15.7. The molecule has 0 unspecified atom stereocenters. The molecule has 0 aliphatic carbocycles. The molecule has 1 aliphatic heterocycles. The van der Waals surface area contributed by atoms with Gasteiger partial charge in [0.25, 0.3) is 5.91 Å². The minimum absolute atomic E-state index is 0.0550. The average Bonchev–Trinajstić information content (AvgIpc) is 3.12. The van der Waals surface area contributed by atoms with Crippen molar-refractivity contribution in [1.29, 1.82) is 0 Å². The molecular weight excluding hydrogens is 354 g/mol. The maximum atomic E-state index is 12.6. The average molecular weight is 376 g/mol. The maximum absolute atomic E-state index is 12.6. The second-order valence-corrected chi connectivity index (χ2v) is 6.82. The van der Waals surface area contributed by atoms with Crippen molar-refractivity contribution in [2.75, 3.05) is 33.3 Å². The topological polar surface area (TPSA) is 65.6 Å². The molecule has 2 heterocycles. The fourth-order valence-electron chi connectivity index (χ4n) is 3.11. The molecule has 0 atom stereocenters. The number of H-pyrrole nitrogens is 1. The molecule has 1 amide bonds. The molecule has 6 nitrogen and oxygen atoms in total. The minimum atomic E-state index is -0.0718. The van der Waals surface area contributed by atoms with Gasteiger partial charge in [0.2, 0.25) is 0 Å². The van der Waals surface area contributed by atoms with E-state index in [4.69, 9.17) is 16.3 Å². The standard InChI is InChI=1S/C19H22ClN3O3/c1-13(24)14-10-17(21-11-14)19(25)23-7-5-22(6-8-23)12-15-9-16(20)3-4-18(15)26-2/h3-4,9-11,21H,5-8,12H2,1-2H3. The summed E-state index contributed by atoms with van der Waals surface area (Å²) in [7, 11) is 1.65. The van der Waals surface area contributed by atoms with Crippen LogP contribution in [0.25, 0.3) is 0 Å². The summed E-state index contributed by atoms with van der Waals surface area (Å²) in [5.41, 5.74) is 2.02. The second kappa shape index (κ2) is 7.93. The van der Waals surface area contributed by atoms with Crippen LogP contribution >= 0.6 is 11.6 Å². The molecule has 7 heteroatoms. The van der Waals surface area contributed by atoms with E-state index in [2.05, 4.69) is 9.88 Å². The molecule has 1 fully saturated rings. The number of nitrogens with one attached hydrogen (secondary N) is 1. The van der Waals surface area contributed by atoms with Crippen molar-refractivity contribution in [2.24, 2.45) is 0 Å². The van der Waals surface area contributed by atoms with Crippen LogP contribution in [0, 0.1) is 0 Å². The Kier molecular flexibility index (Phi) is 5.64. The van der Waals surface area contributed by atoms with E-state index in [1.54, 1.807) is 24.3 Å². The van der Waals surface area contributed by atoms with Gasteiger partial charge in [0.05, 0.1) is 7.11 Å². The summed E-state index contributed by atoms with van der Waals surface area (Å²) in [5, 5.41) is 0.683. The minimum Gasteiger partial charge on any atom is -0.496 e. The van der Waals surface area contributed by atoms with Gasteiger partial charge in [0, 0.05) is 55.1 Å². The number of hydrogen-bond donors (Lipinski definition) is 1. The summed E-state index contributed by atoms with van der Waals surface area (Å²) in [6.07, 6.45) is 1.58. The summed E-state index contributed by atoms with van der Waals surface area (Å²) in [5.74, 6) is 0.689. The van der Waals surface area contributed by atoms with Crippen LogP contribution in [0.2, 0.25) is 5.02 Å². The number of benzene rings is 1. The van der Waals surface area contributed by atoms with E-state index in [0.29, 0.717) is 29.4 Å². The van der Waals surface area contributed by atoms with Crippen molar-refractivity contribution in [2.45, 2.75) is 13.5 Å². The molecule has 1 saturated heterocycles. The number of piperazine rings is 1. The lowest BCUT2D eigenvalue weighted by Gasteiger charge is -2.34. The Morgan fingerprint density at radius 2 is 1.92 bits per heavy atom. The Morgan fingerprint density at radius 1 is 1.19 bits per heavy atom. The van der Waals surface area contributed by atoms with Gasteiger partial charge in [-0.2, -0.15) is 0 Å². The lowest BCUT2D eigenvalue weighted by Crippen LogP contribution is -2.48. The predicted octanol–water partition coefficient (Wildman–Crippen LogP) is 2.84. The van der Waals surface area contributed by atoms with Crippen molar-refractivity contribution in [1.82, 2.24) is 14.8 Å². The highest BCUT2D eigenvalue weighted by molar-refractivity contribution is 6.30. The van der Waals surface area contributed by atoms with Gasteiger partial charge in [-0.3, -0.25) is 14.5 Å². The van der Waals surface area contributed by atoms with E-state index in [1.807, 2.05) is 18.2 Å². The summed E-state index contributed by atoms with van der Waals surface area (Å²) < 4.78 is 5.40. The number of ketones is 1. The van der Waals surface area contributed by atoms with Crippen molar-refractivity contribution in [3.8, 4) is 5.75 Å². The Labute approximate surface area is 157 Å². The van der Waals surface area contributed by atoms with Crippen LogP contribution in [-0.2, 0) is 6.54 Å². The number of carbonyl (C=O) groups is 2. The zero-order chi connectivity index (χ0) is 18.7. The van der Waals surface area contributed by atoms with Crippen molar-refractivity contribution in [3.05, 3.63) is 52.3 Å². The van der Waals surface area contributed by atoms with E-state index >= 15 is 0 Å². The summed E-state index contributed by atoms with van der Waals surface area (Å²) in [6, 6.07) is 7.22. The van der Waals surface area contributed by atoms with Crippen LogP contribution < -0.4 is 4.74 Å². The third-order valence-corrected chi connectivity index (χ3v) is 4.85. The quantitative estimate of drug-likeness (QED) is 0.816. The van der Waals surface area contributed by atoms with Crippen LogP contribution in [0.1, 0.15) is 33.3 Å². The Hall–Kier alpha value is -2.31. The highest BCUT2D eigenvalue weighted by Gasteiger charge is 2.24. The number of amides is 1. The number of aromatic amines is 1. The second-order valence-electron chi connectivity index (χ2n) is 6.38. The van der Waals surface area contributed by atoms with Gasteiger partial charge in [-0.15, -0.1) is 0 Å². The summed E-state index contributed by atoms with van der Waals surface area (Å²) in [6.45, 7) is 5.01. The monoisotopic (exact) mass is 375 g/mol. The third kappa shape index (κ3) is 4.08. The van der Waals surface area contributed by atoms with Crippen LogP contribution in [0.4, 0.5) is 0 Å². The molecule has 1 aromatic carbocycles. The van der Waals surface area contributed by atoms with Crippen LogP contribution in [0.3, 0.4) is 0 Å². The molecular formula is C19H22ClN3O3. The number of hydrogen-bond acceptors (Lipinski definition) is 4. The van der Waals surface area contributed by atoms with Crippen LogP contribution in [0.15, 0.2) is 30.5 Å². The number of methoxy groups -OCH3 is 1. The number of nitrogens with zero attached hydrogens (tertiary/aromatic N) is 2. The predicted molar refractivity (Wildman–Crippen MR) is 100.0 cm³/mol. The first-order valence-corrected chi connectivity index (χ1v) is 8.89. The van der Waals surface area contributed by atoms with Gasteiger partial charge in [-0.25, -0.2) is 0 Å². The Morgan fingerprint density at radius 3 is 2.54 bits per heavy atom. The van der Waals surface area contributed by atoms with Gasteiger partial charge < -0.3 is 14.6 Å². The van der Waals surface area contributed by atoms with E-state index in [-0.39, 0.29) is 11.7 Å². The molecule has 2 aromatic rings. The molecule has 3 rings (SSSR count). The number of halogens is 1. The van der Waals surface area contributed by atoms with Crippen LogP contribution in [-0.4, -0.2) is 59.8 Å². The zero-order valence-electron chi connectivity index (χ0n) is 14.9. The van der Waals surface area contributed by atoms with Gasteiger partial charge >= 0.3 is 0 Å². The number of Topliss-reactive ketones (excluding diaryl/α,β-unsaturated/α-hetero) is 1. The number of carbonyl (C=O) groups excluding carboxylic acids is 2. The van der Waals surface area contributed by atoms with Crippen LogP contribution in [0.5, 0.6) is 5.75 Å². The fourth-order valence-corrected chi connectivity index (χ4v) is 3.31. The van der Waals surface area contributed by atoms with E-state index in [1.165, 1.54) is 6.92 Å². The first-order valence-electron chi connectivity index (χ1n) is 8.51. The molecule has 1 aromatic heterocycles. The number of rotatable bonds is 5. The Balaban J connectivity index is 1.59. The maximum Gasteiger partial charge on any atom is 0.270 e. The third-order valence-electron chi connectivity index (χ3n) is 4.62. The summed E-state index contributed by atoms with van der Waals surface area (Å²) in [4.78, 5) is 30.9. The first-order chi connectivity index (χ1) is 12.5. The van der Waals surface area contributed by atoms with Gasteiger partial charge in [0.15, 0.2) is 5.78 Å². The smallest absolute Gasteiger partial charge is 0.270 e. The Bertz CT molecular complexity index is 810. The fraction of sp³-hybridized carbons (Fsp3) is 0.368. The molecule has 0 saturated carbocycles. The molecule has 1 N–H and O–H groups in total. The van der Waals surface area contributed by atoms with Crippen molar-refractivity contribution in [3.63, 3.8) is 0 Å². The van der Waals surface area contributed by atoms with E-state index < -0.39 is 0 Å². The van der Waals surface area contributed by atoms with E-state index in [0.717, 1.165) is 30.9 Å². The molecule has 0 radical (unpaired) electrons. The summed E-state index contributed by atoms with van der Waals surface area (Å²) >= 11 is 6.09. The number of ether oxygens (including phenoxy) is 1. The van der Waals surface area contributed by atoms with Crippen molar-refractivity contribution < 1.29 is 14.3 Å². The lowest BCUT2D eigenvalue weighted by molar-refractivity contribution is 0.0622. The molecule has 26 heavy (non-hydrogen) atoms. The van der Waals surface area contributed by atoms with Crippen molar-refractivity contribution >= 4 is 23.3 Å². The molecule has 0 spiro atoms. The normalized spacial score (nSPS) is 15.1. The van der Waals surface area contributed by atoms with Gasteiger partial charge in [-0.05, 0) is 31.2 Å².